The van der Waals surface area contributed by atoms with Crippen LogP contribution in [0.15, 0.2) is 56.3 Å². The van der Waals surface area contributed by atoms with Gasteiger partial charge in [0.15, 0.2) is 0 Å². The van der Waals surface area contributed by atoms with E-state index in [4.69, 9.17) is 20.4 Å². The summed E-state index contributed by atoms with van der Waals surface area (Å²) < 4.78 is 11.4. The molecule has 4 aromatic rings. The Morgan fingerprint density at radius 1 is 0.964 bits per heavy atom. The van der Waals surface area contributed by atoms with E-state index in [9.17, 15) is 4.79 Å². The molecule has 0 saturated carbocycles. The molecular formula is C24H23ClO3. The highest BCUT2D eigenvalue weighted by Crippen LogP contribution is 2.35. The smallest absolute Gasteiger partial charge is 0.339 e. The highest BCUT2D eigenvalue weighted by molar-refractivity contribution is 6.30. The second kappa shape index (κ2) is 7.84. The van der Waals surface area contributed by atoms with Gasteiger partial charge in [-0.25, -0.2) is 4.79 Å². The molecule has 0 amide bonds. The molecule has 144 valence electrons. The molecule has 0 fully saturated rings. The van der Waals surface area contributed by atoms with Crippen molar-refractivity contribution >= 4 is 33.5 Å². The van der Waals surface area contributed by atoms with Crippen LogP contribution in [-0.2, 0) is 6.42 Å². The van der Waals surface area contributed by atoms with Gasteiger partial charge in [0.2, 0.25) is 0 Å². The van der Waals surface area contributed by atoms with E-state index >= 15 is 0 Å². The van der Waals surface area contributed by atoms with Gasteiger partial charge in [-0.1, -0.05) is 49.9 Å². The molecule has 2 aromatic carbocycles. The second-order valence-corrected chi connectivity index (χ2v) is 7.74. The number of hydrogen-bond donors (Lipinski definition) is 0. The number of halogens is 1. The quantitative estimate of drug-likeness (QED) is 0.254. The Balaban J connectivity index is 1.82. The number of furan rings is 1. The number of rotatable bonds is 6. The van der Waals surface area contributed by atoms with Crippen molar-refractivity contribution in [3.63, 3.8) is 0 Å². The Morgan fingerprint density at radius 2 is 1.75 bits per heavy atom. The fraction of sp³-hybridized carbons (Fsp3) is 0.292. The van der Waals surface area contributed by atoms with Crippen LogP contribution < -0.4 is 5.63 Å². The van der Waals surface area contributed by atoms with E-state index in [-0.39, 0.29) is 5.63 Å². The van der Waals surface area contributed by atoms with Crippen LogP contribution >= 0.6 is 11.6 Å². The van der Waals surface area contributed by atoms with E-state index in [2.05, 4.69) is 13.0 Å². The fourth-order valence-electron chi connectivity index (χ4n) is 3.78. The van der Waals surface area contributed by atoms with Crippen LogP contribution in [0.25, 0.3) is 33.1 Å². The summed E-state index contributed by atoms with van der Waals surface area (Å²) in [6, 6.07) is 11.6. The predicted molar refractivity (Wildman–Crippen MR) is 115 cm³/mol. The summed E-state index contributed by atoms with van der Waals surface area (Å²) in [6.07, 6.45) is 7.02. The Morgan fingerprint density at radius 3 is 2.50 bits per heavy atom. The zero-order valence-electron chi connectivity index (χ0n) is 16.2. The van der Waals surface area contributed by atoms with Crippen LogP contribution in [0.1, 0.15) is 43.7 Å². The monoisotopic (exact) mass is 394 g/mol. The van der Waals surface area contributed by atoms with E-state index in [1.54, 1.807) is 6.26 Å². The van der Waals surface area contributed by atoms with Gasteiger partial charge in [-0.2, -0.15) is 0 Å². The zero-order chi connectivity index (χ0) is 19.7. The molecule has 3 nitrogen and oxygen atoms in total. The maximum atomic E-state index is 12.5. The molecule has 28 heavy (non-hydrogen) atoms. The first-order valence-electron chi connectivity index (χ1n) is 9.82. The van der Waals surface area contributed by atoms with Crippen molar-refractivity contribution in [3.8, 4) is 11.1 Å². The van der Waals surface area contributed by atoms with Gasteiger partial charge in [0, 0.05) is 33.0 Å². The van der Waals surface area contributed by atoms with Gasteiger partial charge in [0.05, 0.1) is 6.26 Å². The summed E-state index contributed by atoms with van der Waals surface area (Å²) in [7, 11) is 0. The highest BCUT2D eigenvalue weighted by atomic mass is 35.5. The Bertz CT molecular complexity index is 1180. The molecule has 4 heteroatoms. The molecule has 4 rings (SSSR count). The van der Waals surface area contributed by atoms with Crippen LogP contribution in [0.2, 0.25) is 5.02 Å². The molecule has 0 aliphatic carbocycles. The van der Waals surface area contributed by atoms with E-state index in [1.165, 1.54) is 12.8 Å². The van der Waals surface area contributed by atoms with Crippen molar-refractivity contribution in [1.29, 1.82) is 0 Å². The molecule has 2 aromatic heterocycles. The SMILES string of the molecule is CCCCCCc1c(C)c2cc3c(-c4ccc(Cl)cc4)coc3cc2oc1=O. The van der Waals surface area contributed by atoms with Crippen LogP contribution in [0.4, 0.5) is 0 Å². The Kier molecular flexibility index (Phi) is 5.27. The van der Waals surface area contributed by atoms with Gasteiger partial charge < -0.3 is 8.83 Å². The minimum atomic E-state index is -0.231. The average molecular weight is 395 g/mol. The summed E-state index contributed by atoms with van der Waals surface area (Å²) in [5, 5.41) is 2.67. The topological polar surface area (TPSA) is 43.4 Å². The summed E-state index contributed by atoms with van der Waals surface area (Å²) >= 11 is 6.02. The van der Waals surface area contributed by atoms with Crippen molar-refractivity contribution in [3.05, 3.63) is 69.2 Å². The van der Waals surface area contributed by atoms with Gasteiger partial charge in [-0.05, 0) is 49.1 Å². The van der Waals surface area contributed by atoms with Crippen LogP contribution in [0.3, 0.4) is 0 Å². The molecular weight excluding hydrogens is 372 g/mol. The summed E-state index contributed by atoms with van der Waals surface area (Å²) in [6.45, 7) is 4.20. The normalized spacial score (nSPS) is 11.5. The maximum absolute atomic E-state index is 12.5. The van der Waals surface area contributed by atoms with Gasteiger partial charge in [0.1, 0.15) is 11.2 Å². The molecule has 0 bridgehead atoms. The first-order chi connectivity index (χ1) is 13.6. The number of benzene rings is 2. The first-order valence-corrected chi connectivity index (χ1v) is 10.2. The lowest BCUT2D eigenvalue weighted by Gasteiger charge is -2.08. The van der Waals surface area contributed by atoms with Crippen LogP contribution in [-0.4, -0.2) is 0 Å². The largest absolute Gasteiger partial charge is 0.464 e. The molecule has 2 heterocycles. The third-order valence-electron chi connectivity index (χ3n) is 5.42. The van der Waals surface area contributed by atoms with Gasteiger partial charge in [-0.15, -0.1) is 0 Å². The lowest BCUT2D eigenvalue weighted by atomic mass is 9.98. The third kappa shape index (κ3) is 3.47. The average Bonchev–Trinajstić information content (AvgIpc) is 3.09. The molecule has 0 N–H and O–H groups in total. The van der Waals surface area contributed by atoms with Gasteiger partial charge >= 0.3 is 5.63 Å². The molecule has 0 unspecified atom stereocenters. The van der Waals surface area contributed by atoms with E-state index in [1.807, 2.05) is 37.3 Å². The van der Waals surface area contributed by atoms with Crippen LogP contribution in [0.5, 0.6) is 0 Å². The number of aryl methyl sites for hydroxylation is 1. The fourth-order valence-corrected chi connectivity index (χ4v) is 3.91. The van der Waals surface area contributed by atoms with Gasteiger partial charge in [0.25, 0.3) is 0 Å². The molecule has 0 spiro atoms. The molecule has 0 atom stereocenters. The minimum absolute atomic E-state index is 0.231. The lowest BCUT2D eigenvalue weighted by Crippen LogP contribution is -2.10. The molecule has 0 aliphatic heterocycles. The predicted octanol–water partition coefficient (Wildman–Crippen LogP) is 7.29. The Hall–Kier alpha value is -2.52. The number of unbranched alkanes of at least 4 members (excludes halogenated alkanes) is 3. The summed E-state index contributed by atoms with van der Waals surface area (Å²) in [5.41, 5.74) is 4.89. The van der Waals surface area contributed by atoms with Crippen molar-refractivity contribution < 1.29 is 8.83 Å². The summed E-state index contributed by atoms with van der Waals surface area (Å²) in [5.74, 6) is 0. The molecule has 0 aliphatic rings. The van der Waals surface area contributed by atoms with Crippen LogP contribution in [0, 0.1) is 6.92 Å². The standard InChI is InChI=1S/C24H23ClO3/c1-3-4-5-6-7-18-15(2)19-12-20-21(16-8-10-17(25)11-9-16)14-27-22(20)13-23(19)28-24(18)26/h8-14H,3-7H2,1-2H3. The second-order valence-electron chi connectivity index (χ2n) is 7.30. The van der Waals surface area contributed by atoms with E-state index < -0.39 is 0 Å². The molecule has 0 radical (unpaired) electrons. The van der Waals surface area contributed by atoms with Crippen molar-refractivity contribution in [1.82, 2.24) is 0 Å². The van der Waals surface area contributed by atoms with Crippen molar-refractivity contribution in [2.45, 2.75) is 46.0 Å². The van der Waals surface area contributed by atoms with E-state index in [0.717, 1.165) is 52.3 Å². The summed E-state index contributed by atoms with van der Waals surface area (Å²) in [4.78, 5) is 12.5. The number of fused-ring (bicyclic) bond motifs is 2. The minimum Gasteiger partial charge on any atom is -0.464 e. The third-order valence-corrected chi connectivity index (χ3v) is 5.67. The zero-order valence-corrected chi connectivity index (χ0v) is 16.9. The van der Waals surface area contributed by atoms with E-state index in [0.29, 0.717) is 16.2 Å². The first kappa shape index (κ1) is 18.8. The number of hydrogen-bond acceptors (Lipinski definition) is 3. The molecule has 0 saturated heterocycles. The van der Waals surface area contributed by atoms with Gasteiger partial charge in [-0.3, -0.25) is 0 Å². The lowest BCUT2D eigenvalue weighted by molar-refractivity contribution is 0.541. The van der Waals surface area contributed by atoms with Crippen molar-refractivity contribution in [2.24, 2.45) is 0 Å². The maximum Gasteiger partial charge on any atom is 0.339 e. The van der Waals surface area contributed by atoms with Crippen molar-refractivity contribution in [2.75, 3.05) is 0 Å². The Labute approximate surface area is 168 Å². The highest BCUT2D eigenvalue weighted by Gasteiger charge is 2.15.